The molecule has 9 heavy (non-hydrogen) atoms. The Hall–Kier alpha value is 0.783. The van der Waals surface area contributed by atoms with Gasteiger partial charge in [0.1, 0.15) is 0 Å². The molecule has 0 aromatic carbocycles. The average molecular weight is 458 g/mol. The maximum atomic E-state index is 9.82. The molecule has 0 unspecified atom stereocenters. The molecule has 0 rings (SSSR count). The van der Waals surface area contributed by atoms with Gasteiger partial charge in [-0.2, -0.15) is 0 Å². The molecule has 0 fully saturated rings. The standard InChI is InChI=1S/2CH3NO.Bi.2BrH.H/c2*2-1-3;;;;/h2*1H,(H2,2,3);;2*1H;/q;;+4;;;/p-4. The summed E-state index contributed by atoms with van der Waals surface area (Å²) in [7, 11) is 0. The maximum absolute atomic E-state index is 9.82. The molecule has 4 nitrogen and oxygen atoms in total. The number of halogens is 2. The van der Waals surface area contributed by atoms with Crippen molar-refractivity contribution in [1.82, 2.24) is 6.52 Å². The van der Waals surface area contributed by atoms with E-state index in [1.165, 1.54) is 0 Å². The molecule has 0 aliphatic heterocycles. The Bertz CT molecular complexity index is 107. The van der Waals surface area contributed by atoms with Crippen molar-refractivity contribution >= 4 is 53.4 Å². The summed E-state index contributed by atoms with van der Waals surface area (Å²) in [6, 6.07) is 0. The zero-order valence-electron chi connectivity index (χ0n) is 4.23. The third-order valence-corrected chi connectivity index (χ3v) is 12.3. The Labute approximate surface area is 68.9 Å². The molecule has 7 heteroatoms. The molecule has 0 aliphatic rings. The minimum absolute atomic E-state index is 0.543. The van der Waals surface area contributed by atoms with Crippen molar-refractivity contribution in [3.63, 3.8) is 0 Å². The summed E-state index contributed by atoms with van der Waals surface area (Å²) in [5, 5.41) is 0. The molecule has 2 amide bonds. The molecule has 0 aromatic rings. The van der Waals surface area contributed by atoms with Crippen molar-refractivity contribution in [2.75, 3.05) is 0 Å². The Kier molecular flexibility index (Phi) is 4.97. The van der Waals surface area contributed by atoms with Gasteiger partial charge in [-0.3, -0.25) is 0 Å². The van der Waals surface area contributed by atoms with Crippen LogP contribution < -0.4 is 6.52 Å². The van der Waals surface area contributed by atoms with Gasteiger partial charge in [0, 0.05) is 0 Å². The summed E-state index contributed by atoms with van der Waals surface area (Å²) in [6.07, 6.45) is 1.09. The molecule has 2 N–H and O–H groups in total. The van der Waals surface area contributed by atoms with Crippen molar-refractivity contribution in [3.8, 4) is 0 Å². The van der Waals surface area contributed by atoms with E-state index in [-0.39, 0.29) is 0 Å². The van der Waals surface area contributed by atoms with Gasteiger partial charge >= 0.3 is 69.5 Å². The Morgan fingerprint density at radius 1 is 1.11 bits per heavy atom. The summed E-state index contributed by atoms with van der Waals surface area (Å²) < 4.78 is 4.91. The molecule has 0 aliphatic carbocycles. The van der Waals surface area contributed by atoms with E-state index in [2.05, 4.69) is 31.0 Å². The number of rotatable bonds is 4. The van der Waals surface area contributed by atoms with Crippen LogP contribution in [0.4, 0.5) is 0 Å². The van der Waals surface area contributed by atoms with Gasteiger partial charge in [-0.05, 0) is 0 Å². The zero-order valence-corrected chi connectivity index (χ0v) is 11.3. The minimum atomic E-state index is -3.10. The van der Waals surface area contributed by atoms with Crippen molar-refractivity contribution in [1.29, 1.82) is 0 Å². The van der Waals surface area contributed by atoms with Crippen LogP contribution in [-0.2, 0) is 9.59 Å². The number of hydrogen-bond acceptors (Lipinski definition) is 2. The Morgan fingerprint density at radius 3 is 1.67 bits per heavy atom. The van der Waals surface area contributed by atoms with E-state index in [4.69, 9.17) is 0 Å². The second-order valence-electron chi connectivity index (χ2n) is 1.10. The molecule has 0 radical (unpaired) electrons. The van der Waals surface area contributed by atoms with Crippen LogP contribution in [0, 0.1) is 0 Å². The summed E-state index contributed by atoms with van der Waals surface area (Å²) in [5.41, 5.74) is 0. The predicted octanol–water partition coefficient (Wildman–Crippen LogP) is -0.564. The third-order valence-electron chi connectivity index (χ3n) is 0.480. The molecule has 0 heterocycles. The zero-order chi connectivity index (χ0) is 7.33. The summed E-state index contributed by atoms with van der Waals surface area (Å²) in [5.74, 6) is 0. The van der Waals surface area contributed by atoms with Gasteiger partial charge in [0.2, 0.25) is 0 Å². The van der Waals surface area contributed by atoms with Crippen LogP contribution in [0.2, 0.25) is 0 Å². The molecular formula is C2H5BiBr2N2O2. The summed E-state index contributed by atoms with van der Waals surface area (Å²) in [6.45, 7) is 0. The molecule has 0 aromatic heterocycles. The summed E-state index contributed by atoms with van der Waals surface area (Å²) in [4.78, 5) is 19.6. The number of hydrogen-bond donors (Lipinski definition) is 2. The Morgan fingerprint density at radius 2 is 1.44 bits per heavy atom. The topological polar surface area (TPSA) is 58.2 Å². The van der Waals surface area contributed by atoms with Crippen LogP contribution in [0.3, 0.4) is 0 Å². The van der Waals surface area contributed by atoms with E-state index in [1.54, 1.807) is 0 Å². The van der Waals surface area contributed by atoms with E-state index in [0.717, 1.165) is 0 Å². The second-order valence-corrected chi connectivity index (χ2v) is 38.0. The van der Waals surface area contributed by atoms with Crippen LogP contribution >= 0.6 is 24.4 Å². The van der Waals surface area contributed by atoms with E-state index in [1.807, 2.05) is 0 Å². The molecule has 0 saturated carbocycles. The van der Waals surface area contributed by atoms with Crippen molar-refractivity contribution in [3.05, 3.63) is 0 Å². The number of carbonyl (C=O) groups excluding carboxylic acids is 2. The second kappa shape index (κ2) is 4.58. The first-order valence-corrected chi connectivity index (χ1v) is 22.7. The third kappa shape index (κ3) is 5.24. The van der Waals surface area contributed by atoms with Crippen molar-refractivity contribution < 1.29 is 9.59 Å². The van der Waals surface area contributed by atoms with Crippen LogP contribution in [0.5, 0.6) is 0 Å². The molecule has 54 valence electrons. The normalized spacial score (nSPS) is 11.8. The molecular weight excluding hydrogens is 453 g/mol. The van der Waals surface area contributed by atoms with Gasteiger partial charge in [0.05, 0.1) is 0 Å². The first kappa shape index (κ1) is 9.78. The number of carbonyl (C=O) groups is 2. The first-order valence-electron chi connectivity index (χ1n) is 1.93. The quantitative estimate of drug-likeness (QED) is 0.439. The van der Waals surface area contributed by atoms with Gasteiger partial charge in [0.25, 0.3) is 0 Å². The van der Waals surface area contributed by atoms with Crippen molar-refractivity contribution in [2.24, 2.45) is 0 Å². The van der Waals surface area contributed by atoms with Crippen LogP contribution in [0.15, 0.2) is 0 Å². The van der Waals surface area contributed by atoms with E-state index in [9.17, 15) is 9.59 Å². The van der Waals surface area contributed by atoms with Gasteiger partial charge in [-0.25, -0.2) is 0 Å². The van der Waals surface area contributed by atoms with Crippen LogP contribution in [-0.4, -0.2) is 29.0 Å². The number of amides is 2. The number of nitrogens with one attached hydrogen (secondary N) is 2. The fraction of sp³-hybridized carbons (Fsp3) is 0. The van der Waals surface area contributed by atoms with Gasteiger partial charge < -0.3 is 0 Å². The SMILES string of the molecule is O=C[NH][BiH]([Br])([Br])[NH]C=O. The monoisotopic (exact) mass is 456 g/mol. The molecule has 0 spiro atoms. The predicted molar refractivity (Wildman–Crippen MR) is 43.4 cm³/mol. The molecule has 0 saturated heterocycles. The summed E-state index contributed by atoms with van der Waals surface area (Å²) >= 11 is 3.22. The van der Waals surface area contributed by atoms with Crippen LogP contribution in [0.1, 0.15) is 0 Å². The average Bonchev–Trinajstić information content (AvgIpc) is 1.64. The van der Waals surface area contributed by atoms with Gasteiger partial charge in [0.15, 0.2) is 0 Å². The van der Waals surface area contributed by atoms with E-state index < -0.39 is 16.1 Å². The van der Waals surface area contributed by atoms with E-state index >= 15 is 0 Å². The van der Waals surface area contributed by atoms with Gasteiger partial charge in [-0.1, -0.05) is 0 Å². The molecule has 0 bridgehead atoms. The molecule has 0 atom stereocenters. The van der Waals surface area contributed by atoms with E-state index in [0.29, 0.717) is 12.8 Å². The van der Waals surface area contributed by atoms with Crippen LogP contribution in [0.25, 0.3) is 0 Å². The van der Waals surface area contributed by atoms with Gasteiger partial charge in [-0.15, -0.1) is 0 Å². The fourth-order valence-corrected chi connectivity index (χ4v) is 4.94. The first-order chi connectivity index (χ1) is 4.12. The fourth-order valence-electron chi connectivity index (χ4n) is 0.190. The van der Waals surface area contributed by atoms with Crippen molar-refractivity contribution in [2.45, 2.75) is 0 Å². The Balaban J connectivity index is 3.68.